The van der Waals surface area contributed by atoms with Crippen molar-refractivity contribution >= 4 is 0 Å². The van der Waals surface area contributed by atoms with Gasteiger partial charge in [0.15, 0.2) is 0 Å². The molecule has 5 nitrogen and oxygen atoms in total. The zero-order valence-electron chi connectivity index (χ0n) is 15.1. The predicted molar refractivity (Wildman–Crippen MR) is 101 cm³/mol. The number of nitrogens with zero attached hydrogens (tertiary/aromatic N) is 5. The molecule has 5 heteroatoms. The molecule has 132 valence electrons. The Kier molecular flexibility index (Phi) is 3.82. The molecule has 3 aromatic heterocycles. The third kappa shape index (κ3) is 2.82. The molecule has 0 fully saturated rings. The number of aromatic nitrogens is 4. The number of aryl methyl sites for hydroxylation is 3. The summed E-state index contributed by atoms with van der Waals surface area (Å²) in [4.78, 5) is 11.7. The molecule has 0 amide bonds. The Morgan fingerprint density at radius 3 is 2.92 bits per heavy atom. The van der Waals surface area contributed by atoms with Gasteiger partial charge in [0.05, 0.1) is 23.6 Å². The Hall–Kier alpha value is -2.53. The number of rotatable bonds is 3. The van der Waals surface area contributed by atoms with Gasteiger partial charge >= 0.3 is 0 Å². The van der Waals surface area contributed by atoms with E-state index in [-0.39, 0.29) is 0 Å². The molecule has 0 bridgehead atoms. The van der Waals surface area contributed by atoms with E-state index < -0.39 is 0 Å². The smallest absolute Gasteiger partial charge is 0.111 e. The maximum atomic E-state index is 4.78. The average Bonchev–Trinajstić information content (AvgIpc) is 3.27. The van der Waals surface area contributed by atoms with Crippen LogP contribution in [-0.4, -0.2) is 31.2 Å². The summed E-state index contributed by atoms with van der Waals surface area (Å²) < 4.78 is 2.13. The van der Waals surface area contributed by atoms with Crippen LogP contribution >= 0.6 is 0 Å². The molecule has 0 atom stereocenters. The fraction of sp³-hybridized carbons (Fsp3) is 0.381. The second-order valence-electron chi connectivity index (χ2n) is 7.42. The summed E-state index contributed by atoms with van der Waals surface area (Å²) in [6, 6.07) is 8.57. The van der Waals surface area contributed by atoms with Crippen LogP contribution in [-0.2, 0) is 32.5 Å². The van der Waals surface area contributed by atoms with Crippen LogP contribution in [0.3, 0.4) is 0 Å². The van der Waals surface area contributed by atoms with Crippen molar-refractivity contribution in [3.05, 3.63) is 64.7 Å². The molecular formula is C21H23N5. The summed E-state index contributed by atoms with van der Waals surface area (Å²) in [6.07, 6.45) is 7.62. The molecule has 0 N–H and O–H groups in total. The summed E-state index contributed by atoms with van der Waals surface area (Å²) in [6.45, 7) is 5.85. The van der Waals surface area contributed by atoms with Crippen LogP contribution in [0.4, 0.5) is 0 Å². The van der Waals surface area contributed by atoms with E-state index in [1.807, 2.05) is 12.3 Å². The largest absolute Gasteiger partial charge is 0.290 e. The third-order valence-electron chi connectivity index (χ3n) is 5.55. The molecule has 0 unspecified atom stereocenters. The van der Waals surface area contributed by atoms with E-state index in [1.165, 1.54) is 47.3 Å². The summed E-state index contributed by atoms with van der Waals surface area (Å²) in [7, 11) is 0. The van der Waals surface area contributed by atoms with E-state index >= 15 is 0 Å². The summed E-state index contributed by atoms with van der Waals surface area (Å²) in [5.74, 6) is 0. The molecule has 1 aliphatic heterocycles. The lowest BCUT2D eigenvalue weighted by atomic mass is 10.1. The van der Waals surface area contributed by atoms with Crippen LogP contribution in [0.1, 0.15) is 34.5 Å². The molecule has 0 spiro atoms. The van der Waals surface area contributed by atoms with E-state index in [9.17, 15) is 0 Å². The normalized spacial score (nSPS) is 16.5. The molecule has 0 aromatic carbocycles. The van der Waals surface area contributed by atoms with Crippen LogP contribution < -0.4 is 0 Å². The van der Waals surface area contributed by atoms with Crippen LogP contribution in [0.5, 0.6) is 0 Å². The third-order valence-corrected chi connectivity index (χ3v) is 5.55. The molecule has 0 saturated heterocycles. The van der Waals surface area contributed by atoms with E-state index in [1.54, 1.807) is 0 Å². The highest BCUT2D eigenvalue weighted by atomic mass is 15.3. The number of hydrogen-bond acceptors (Lipinski definition) is 4. The van der Waals surface area contributed by atoms with Crippen molar-refractivity contribution in [2.45, 2.75) is 45.8 Å². The SMILES string of the molecule is Cc1cccnc1-c1cc2n(n1)CCN(Cc1cc3c(cn1)CCC3)C2. The number of fused-ring (bicyclic) bond motifs is 2. The minimum Gasteiger partial charge on any atom is -0.290 e. The fourth-order valence-electron chi connectivity index (χ4n) is 4.14. The monoisotopic (exact) mass is 345 g/mol. The second-order valence-corrected chi connectivity index (χ2v) is 7.42. The van der Waals surface area contributed by atoms with Crippen LogP contribution in [0.2, 0.25) is 0 Å². The molecule has 5 rings (SSSR count). The maximum absolute atomic E-state index is 4.78. The Bertz CT molecular complexity index is 959. The molecule has 0 saturated carbocycles. The lowest BCUT2D eigenvalue weighted by Gasteiger charge is -2.27. The average molecular weight is 345 g/mol. The van der Waals surface area contributed by atoms with E-state index in [2.05, 4.69) is 45.9 Å². The first-order valence-electron chi connectivity index (χ1n) is 9.44. The standard InChI is InChI=1S/C21H23N5/c1-15-4-3-7-22-21(15)20-11-19-14-25(8-9-26(19)24-20)13-18-10-16-5-2-6-17(16)12-23-18/h3-4,7,10-12H,2,5-6,8-9,13-14H2,1H3. The van der Waals surface area contributed by atoms with Crippen molar-refractivity contribution in [3.63, 3.8) is 0 Å². The van der Waals surface area contributed by atoms with Crippen molar-refractivity contribution in [2.75, 3.05) is 6.54 Å². The van der Waals surface area contributed by atoms with Gasteiger partial charge in [-0.1, -0.05) is 6.07 Å². The Morgan fingerprint density at radius 2 is 2.00 bits per heavy atom. The first kappa shape index (κ1) is 15.7. The van der Waals surface area contributed by atoms with Gasteiger partial charge in [-0.05, 0) is 61.1 Å². The minimum absolute atomic E-state index is 0.913. The molecule has 26 heavy (non-hydrogen) atoms. The molecule has 0 radical (unpaired) electrons. The molecular weight excluding hydrogens is 322 g/mol. The maximum Gasteiger partial charge on any atom is 0.111 e. The first-order chi connectivity index (χ1) is 12.8. The second kappa shape index (κ2) is 6.32. The summed E-state index contributed by atoms with van der Waals surface area (Å²) >= 11 is 0. The molecule has 3 aromatic rings. The summed E-state index contributed by atoms with van der Waals surface area (Å²) in [5, 5.41) is 4.78. The van der Waals surface area contributed by atoms with Crippen molar-refractivity contribution in [2.24, 2.45) is 0 Å². The quantitative estimate of drug-likeness (QED) is 0.732. The summed E-state index contributed by atoms with van der Waals surface area (Å²) in [5.41, 5.74) is 8.54. The van der Waals surface area contributed by atoms with Gasteiger partial charge in [-0.15, -0.1) is 0 Å². The van der Waals surface area contributed by atoms with Gasteiger partial charge in [0.2, 0.25) is 0 Å². The van der Waals surface area contributed by atoms with E-state index in [4.69, 9.17) is 10.1 Å². The van der Waals surface area contributed by atoms with E-state index in [0.29, 0.717) is 0 Å². The van der Waals surface area contributed by atoms with Gasteiger partial charge in [-0.25, -0.2) is 0 Å². The highest BCUT2D eigenvalue weighted by Crippen LogP contribution is 2.25. The Balaban J connectivity index is 1.35. The van der Waals surface area contributed by atoms with Gasteiger partial charge in [-0.3, -0.25) is 19.5 Å². The molecule has 4 heterocycles. The first-order valence-corrected chi connectivity index (χ1v) is 9.44. The van der Waals surface area contributed by atoms with Crippen LogP contribution in [0, 0.1) is 6.92 Å². The van der Waals surface area contributed by atoms with Crippen molar-refractivity contribution < 1.29 is 0 Å². The number of hydrogen-bond donors (Lipinski definition) is 0. The highest BCUT2D eigenvalue weighted by Gasteiger charge is 2.21. The minimum atomic E-state index is 0.913. The topological polar surface area (TPSA) is 46.8 Å². The highest BCUT2D eigenvalue weighted by molar-refractivity contribution is 5.58. The van der Waals surface area contributed by atoms with Gasteiger partial charge in [0.25, 0.3) is 0 Å². The van der Waals surface area contributed by atoms with Gasteiger partial charge in [0, 0.05) is 32.0 Å². The van der Waals surface area contributed by atoms with Gasteiger partial charge < -0.3 is 0 Å². The van der Waals surface area contributed by atoms with Crippen molar-refractivity contribution in [1.82, 2.24) is 24.6 Å². The molecule has 2 aliphatic rings. The zero-order chi connectivity index (χ0) is 17.5. The van der Waals surface area contributed by atoms with Crippen LogP contribution in [0.15, 0.2) is 36.7 Å². The molecule has 1 aliphatic carbocycles. The fourth-order valence-corrected chi connectivity index (χ4v) is 4.14. The Labute approximate surface area is 153 Å². The lowest BCUT2D eigenvalue weighted by Crippen LogP contribution is -2.33. The number of pyridine rings is 2. The van der Waals surface area contributed by atoms with Crippen LogP contribution in [0.25, 0.3) is 11.4 Å². The Morgan fingerprint density at radius 1 is 1.08 bits per heavy atom. The van der Waals surface area contributed by atoms with Gasteiger partial charge in [0.1, 0.15) is 5.69 Å². The zero-order valence-corrected chi connectivity index (χ0v) is 15.1. The van der Waals surface area contributed by atoms with Crippen molar-refractivity contribution in [1.29, 1.82) is 0 Å². The lowest BCUT2D eigenvalue weighted by molar-refractivity contribution is 0.203. The van der Waals surface area contributed by atoms with E-state index in [0.717, 1.165) is 37.6 Å². The predicted octanol–water partition coefficient (Wildman–Crippen LogP) is 3.15. The van der Waals surface area contributed by atoms with Gasteiger partial charge in [-0.2, -0.15) is 5.10 Å². The van der Waals surface area contributed by atoms with Crippen molar-refractivity contribution in [3.8, 4) is 11.4 Å².